The summed E-state index contributed by atoms with van der Waals surface area (Å²) in [5.41, 5.74) is 1.65. The largest absolute Gasteiger partial charge is 0.373 e. The summed E-state index contributed by atoms with van der Waals surface area (Å²) in [4.78, 5) is 2.52. The van der Waals surface area contributed by atoms with Gasteiger partial charge in [0.25, 0.3) is 0 Å². The maximum atomic E-state index is 2.52. The highest BCUT2D eigenvalue weighted by Crippen LogP contribution is 2.18. The Morgan fingerprint density at radius 3 is 1.95 bits per heavy atom. The van der Waals surface area contributed by atoms with Crippen LogP contribution in [0.15, 0.2) is 23.9 Å². The van der Waals surface area contributed by atoms with Gasteiger partial charge in [-0.15, -0.1) is 0 Å². The fraction of sp³-hybridized carbons (Fsp3) is 0.778. The lowest BCUT2D eigenvalue weighted by Gasteiger charge is -2.25. The number of rotatable bonds is 0. The SMILES string of the molecule is C1=CN2CCCCCCCCCCCCCC(=C1)C2. The van der Waals surface area contributed by atoms with Crippen molar-refractivity contribution in [3.05, 3.63) is 23.9 Å². The lowest BCUT2D eigenvalue weighted by molar-refractivity contribution is 0.377. The molecule has 0 unspecified atom stereocenters. The van der Waals surface area contributed by atoms with Crippen molar-refractivity contribution in [1.82, 2.24) is 4.90 Å². The molecule has 2 rings (SSSR count). The van der Waals surface area contributed by atoms with E-state index in [1.807, 2.05) is 0 Å². The molecule has 0 spiro atoms. The van der Waals surface area contributed by atoms with Crippen molar-refractivity contribution in [2.24, 2.45) is 0 Å². The van der Waals surface area contributed by atoms with E-state index in [9.17, 15) is 0 Å². The molecule has 2 bridgehead atoms. The zero-order valence-electron chi connectivity index (χ0n) is 12.6. The minimum absolute atomic E-state index is 1.19. The molecule has 0 aromatic carbocycles. The first kappa shape index (κ1) is 14.7. The molecule has 0 N–H and O–H groups in total. The van der Waals surface area contributed by atoms with Gasteiger partial charge in [0.1, 0.15) is 0 Å². The Morgan fingerprint density at radius 1 is 0.684 bits per heavy atom. The van der Waals surface area contributed by atoms with Gasteiger partial charge in [0, 0.05) is 13.1 Å². The molecule has 2 aliphatic rings. The molecule has 0 radical (unpaired) electrons. The average molecular weight is 261 g/mol. The van der Waals surface area contributed by atoms with Crippen LogP contribution < -0.4 is 0 Å². The zero-order valence-corrected chi connectivity index (χ0v) is 12.6. The predicted molar refractivity (Wildman–Crippen MR) is 84.2 cm³/mol. The normalized spacial score (nSPS) is 24.0. The minimum atomic E-state index is 1.19. The third-order valence-electron chi connectivity index (χ3n) is 4.48. The van der Waals surface area contributed by atoms with Crippen LogP contribution in [0.25, 0.3) is 0 Å². The summed E-state index contributed by atoms with van der Waals surface area (Å²) in [5.74, 6) is 0. The molecule has 1 saturated heterocycles. The zero-order chi connectivity index (χ0) is 13.2. The fourth-order valence-electron chi connectivity index (χ4n) is 3.24. The Morgan fingerprint density at radius 2 is 1.26 bits per heavy atom. The van der Waals surface area contributed by atoms with E-state index in [0.717, 1.165) is 0 Å². The van der Waals surface area contributed by atoms with Gasteiger partial charge in [-0.1, -0.05) is 69.4 Å². The quantitative estimate of drug-likeness (QED) is 0.561. The summed E-state index contributed by atoms with van der Waals surface area (Å²) in [6.07, 6.45) is 24.1. The lowest BCUT2D eigenvalue weighted by atomic mass is 10.0. The van der Waals surface area contributed by atoms with Gasteiger partial charge >= 0.3 is 0 Å². The second-order valence-corrected chi connectivity index (χ2v) is 6.28. The second kappa shape index (κ2) is 9.23. The van der Waals surface area contributed by atoms with Crippen LogP contribution in [-0.2, 0) is 0 Å². The first-order valence-corrected chi connectivity index (χ1v) is 8.55. The van der Waals surface area contributed by atoms with E-state index in [-0.39, 0.29) is 0 Å². The molecule has 0 aliphatic carbocycles. The van der Waals surface area contributed by atoms with E-state index in [0.29, 0.717) is 0 Å². The van der Waals surface area contributed by atoms with Gasteiger partial charge in [0.2, 0.25) is 0 Å². The van der Waals surface area contributed by atoms with Crippen LogP contribution in [0, 0.1) is 0 Å². The first-order valence-electron chi connectivity index (χ1n) is 8.55. The molecule has 1 fully saturated rings. The fourth-order valence-corrected chi connectivity index (χ4v) is 3.24. The van der Waals surface area contributed by atoms with Crippen LogP contribution in [0.3, 0.4) is 0 Å². The van der Waals surface area contributed by atoms with Crippen LogP contribution in [0.5, 0.6) is 0 Å². The van der Waals surface area contributed by atoms with Crippen molar-refractivity contribution in [2.75, 3.05) is 13.1 Å². The van der Waals surface area contributed by atoms with Gasteiger partial charge in [-0.3, -0.25) is 0 Å². The first-order chi connectivity index (χ1) is 9.45. The third-order valence-corrected chi connectivity index (χ3v) is 4.48. The van der Waals surface area contributed by atoms with Crippen molar-refractivity contribution >= 4 is 0 Å². The Hall–Kier alpha value is -0.720. The van der Waals surface area contributed by atoms with Crippen LogP contribution in [0.4, 0.5) is 0 Å². The van der Waals surface area contributed by atoms with Gasteiger partial charge in [0.15, 0.2) is 0 Å². The maximum absolute atomic E-state index is 2.52. The van der Waals surface area contributed by atoms with Crippen LogP contribution in [-0.4, -0.2) is 18.0 Å². The highest BCUT2D eigenvalue weighted by molar-refractivity contribution is 5.18. The maximum Gasteiger partial charge on any atom is 0.0386 e. The second-order valence-electron chi connectivity index (χ2n) is 6.28. The average Bonchev–Trinajstić information content (AvgIpc) is 2.43. The van der Waals surface area contributed by atoms with Crippen LogP contribution in [0.2, 0.25) is 0 Å². The molecule has 0 saturated carbocycles. The molecule has 19 heavy (non-hydrogen) atoms. The molecule has 2 heterocycles. The number of fused-ring (bicyclic) bond motifs is 2. The van der Waals surface area contributed by atoms with Gasteiger partial charge < -0.3 is 4.90 Å². The summed E-state index contributed by atoms with van der Waals surface area (Å²) in [6.45, 7) is 2.45. The Balaban J connectivity index is 1.75. The molecule has 0 amide bonds. The number of nitrogens with zero attached hydrogens (tertiary/aromatic N) is 1. The van der Waals surface area contributed by atoms with Gasteiger partial charge in [-0.2, -0.15) is 0 Å². The van der Waals surface area contributed by atoms with Crippen molar-refractivity contribution in [3.8, 4) is 0 Å². The van der Waals surface area contributed by atoms with E-state index in [2.05, 4.69) is 23.3 Å². The summed E-state index contributed by atoms with van der Waals surface area (Å²) >= 11 is 0. The summed E-state index contributed by atoms with van der Waals surface area (Å²) < 4.78 is 0. The van der Waals surface area contributed by atoms with E-state index in [4.69, 9.17) is 0 Å². The van der Waals surface area contributed by atoms with Crippen molar-refractivity contribution in [2.45, 2.75) is 77.0 Å². The standard InChI is InChI=1S/C18H31N/c1-2-4-6-8-10-13-18-14-12-16-19(17-18)15-11-9-7-5-3-1/h12,14,16H,1-11,13,15,17H2. The molecule has 1 nitrogen and oxygen atoms in total. The highest BCUT2D eigenvalue weighted by atomic mass is 15.1. The summed E-state index contributed by atoms with van der Waals surface area (Å²) in [7, 11) is 0. The van der Waals surface area contributed by atoms with Crippen molar-refractivity contribution in [3.63, 3.8) is 0 Å². The number of hydrogen-bond donors (Lipinski definition) is 0. The molecular weight excluding hydrogens is 230 g/mol. The third kappa shape index (κ3) is 6.31. The molecule has 2 aliphatic heterocycles. The Kier molecular flexibility index (Phi) is 7.13. The summed E-state index contributed by atoms with van der Waals surface area (Å²) in [6, 6.07) is 0. The van der Waals surface area contributed by atoms with Gasteiger partial charge in [-0.25, -0.2) is 0 Å². The van der Waals surface area contributed by atoms with Crippen molar-refractivity contribution < 1.29 is 0 Å². The number of hydrogen-bond acceptors (Lipinski definition) is 1. The predicted octanol–water partition coefficient (Wildman–Crippen LogP) is 5.44. The van der Waals surface area contributed by atoms with Crippen LogP contribution in [0.1, 0.15) is 77.0 Å². The van der Waals surface area contributed by atoms with E-state index < -0.39 is 0 Å². The van der Waals surface area contributed by atoms with E-state index in [1.54, 1.807) is 5.57 Å². The molecule has 0 atom stereocenters. The van der Waals surface area contributed by atoms with Gasteiger partial charge in [-0.05, 0) is 31.5 Å². The number of allylic oxidation sites excluding steroid dienone is 2. The lowest BCUT2D eigenvalue weighted by Crippen LogP contribution is -2.23. The topological polar surface area (TPSA) is 3.24 Å². The van der Waals surface area contributed by atoms with Gasteiger partial charge in [0.05, 0.1) is 0 Å². The highest BCUT2D eigenvalue weighted by Gasteiger charge is 2.07. The Bertz CT molecular complexity index is 290. The molecule has 0 aromatic rings. The van der Waals surface area contributed by atoms with E-state index >= 15 is 0 Å². The molecule has 108 valence electrons. The molecule has 0 aromatic heterocycles. The Labute approximate surface area is 119 Å². The van der Waals surface area contributed by atoms with Crippen LogP contribution >= 0.6 is 0 Å². The smallest absolute Gasteiger partial charge is 0.0386 e. The van der Waals surface area contributed by atoms with E-state index in [1.165, 1.54) is 90.1 Å². The minimum Gasteiger partial charge on any atom is -0.373 e. The summed E-state index contributed by atoms with van der Waals surface area (Å²) in [5, 5.41) is 0. The molecular formula is C18H31N. The molecule has 1 heteroatoms. The van der Waals surface area contributed by atoms with Crippen molar-refractivity contribution in [1.29, 1.82) is 0 Å². The monoisotopic (exact) mass is 261 g/mol.